The standard InChI is InChI=1S/C42H76O4/c1-3-5-7-9-11-13-15-16-17-18-20-22-27-31-35-39-42(45)46-40(37-33-29-25-23-26-30-34-38-41(43)44)36-32-28-24-21-19-14-12-10-8-6-4-2/h5,7,11,13,16-17,40H,3-4,6,8-10,12,14-15,18-39H2,1-2H3,(H,43,44)/b7-5-,13-11-,17-16-. The molecule has 0 fully saturated rings. The molecule has 0 heterocycles. The first-order valence-electron chi connectivity index (χ1n) is 20.0. The Kier molecular flexibility index (Phi) is 36.1. The lowest BCUT2D eigenvalue weighted by Crippen LogP contribution is -2.18. The summed E-state index contributed by atoms with van der Waals surface area (Å²) in [4.78, 5) is 23.3. The minimum Gasteiger partial charge on any atom is -0.481 e. The molecular formula is C42H76O4. The summed E-state index contributed by atoms with van der Waals surface area (Å²) in [6, 6.07) is 0. The number of carbonyl (C=O) groups is 2. The summed E-state index contributed by atoms with van der Waals surface area (Å²) < 4.78 is 6.03. The molecule has 1 unspecified atom stereocenters. The second kappa shape index (κ2) is 37.6. The van der Waals surface area contributed by atoms with Gasteiger partial charge in [0.15, 0.2) is 0 Å². The molecule has 0 bridgehead atoms. The number of carbonyl (C=O) groups excluding carboxylic acids is 1. The highest BCUT2D eigenvalue weighted by molar-refractivity contribution is 5.69. The van der Waals surface area contributed by atoms with Crippen molar-refractivity contribution in [2.75, 3.05) is 0 Å². The minimum atomic E-state index is -0.688. The van der Waals surface area contributed by atoms with Crippen molar-refractivity contribution in [1.82, 2.24) is 0 Å². The largest absolute Gasteiger partial charge is 0.481 e. The normalized spacial score (nSPS) is 12.6. The number of esters is 1. The molecule has 1 atom stereocenters. The molecule has 0 amide bonds. The Bertz CT molecular complexity index is 738. The van der Waals surface area contributed by atoms with E-state index in [1.54, 1.807) is 0 Å². The first-order valence-corrected chi connectivity index (χ1v) is 20.0. The van der Waals surface area contributed by atoms with Gasteiger partial charge in [0.05, 0.1) is 0 Å². The lowest BCUT2D eigenvalue weighted by molar-refractivity contribution is -0.150. The number of ether oxygens (including phenoxy) is 1. The van der Waals surface area contributed by atoms with Crippen LogP contribution in [-0.2, 0) is 14.3 Å². The first kappa shape index (κ1) is 44.2. The Labute approximate surface area is 286 Å². The van der Waals surface area contributed by atoms with Gasteiger partial charge in [0.2, 0.25) is 0 Å². The molecule has 0 spiro atoms. The molecule has 0 aromatic rings. The van der Waals surface area contributed by atoms with Gasteiger partial charge in [0.25, 0.3) is 0 Å². The van der Waals surface area contributed by atoms with Gasteiger partial charge in [-0.25, -0.2) is 0 Å². The molecule has 0 aromatic carbocycles. The average Bonchev–Trinajstić information content (AvgIpc) is 3.04. The van der Waals surface area contributed by atoms with Gasteiger partial charge in [-0.2, -0.15) is 0 Å². The fourth-order valence-electron chi connectivity index (χ4n) is 5.96. The van der Waals surface area contributed by atoms with Gasteiger partial charge < -0.3 is 9.84 Å². The number of rotatable bonds is 36. The molecule has 4 nitrogen and oxygen atoms in total. The number of unbranched alkanes of at least 4 members (excludes halogenated alkanes) is 21. The maximum absolute atomic E-state index is 12.7. The highest BCUT2D eigenvalue weighted by Crippen LogP contribution is 2.19. The molecule has 0 aliphatic rings. The van der Waals surface area contributed by atoms with E-state index in [4.69, 9.17) is 9.84 Å². The average molecular weight is 645 g/mol. The number of carboxylic acids is 1. The van der Waals surface area contributed by atoms with E-state index in [0.29, 0.717) is 12.8 Å². The lowest BCUT2D eigenvalue weighted by atomic mass is 10.0. The van der Waals surface area contributed by atoms with E-state index in [-0.39, 0.29) is 12.1 Å². The van der Waals surface area contributed by atoms with Gasteiger partial charge in [-0.15, -0.1) is 0 Å². The highest BCUT2D eigenvalue weighted by Gasteiger charge is 2.14. The smallest absolute Gasteiger partial charge is 0.306 e. The lowest BCUT2D eigenvalue weighted by Gasteiger charge is -2.18. The van der Waals surface area contributed by atoms with E-state index in [9.17, 15) is 9.59 Å². The van der Waals surface area contributed by atoms with Crippen LogP contribution in [0.5, 0.6) is 0 Å². The molecule has 4 heteroatoms. The van der Waals surface area contributed by atoms with Crippen LogP contribution >= 0.6 is 0 Å². The van der Waals surface area contributed by atoms with Crippen molar-refractivity contribution in [3.05, 3.63) is 36.5 Å². The maximum Gasteiger partial charge on any atom is 0.306 e. The molecule has 0 aromatic heterocycles. The third kappa shape index (κ3) is 36.6. The summed E-state index contributed by atoms with van der Waals surface area (Å²) in [7, 11) is 0. The number of allylic oxidation sites excluding steroid dienone is 6. The van der Waals surface area contributed by atoms with Gasteiger partial charge in [-0.1, -0.05) is 166 Å². The van der Waals surface area contributed by atoms with E-state index >= 15 is 0 Å². The Morgan fingerprint density at radius 2 is 0.913 bits per heavy atom. The van der Waals surface area contributed by atoms with Crippen LogP contribution in [0.25, 0.3) is 0 Å². The monoisotopic (exact) mass is 645 g/mol. The summed E-state index contributed by atoms with van der Waals surface area (Å²) in [6.45, 7) is 4.44. The van der Waals surface area contributed by atoms with Crippen LogP contribution in [0.4, 0.5) is 0 Å². The van der Waals surface area contributed by atoms with Crippen molar-refractivity contribution >= 4 is 11.9 Å². The number of hydrogen-bond acceptors (Lipinski definition) is 3. The second-order valence-corrected chi connectivity index (χ2v) is 13.4. The summed E-state index contributed by atoms with van der Waals surface area (Å²) in [5, 5.41) is 8.77. The Hall–Kier alpha value is -1.84. The summed E-state index contributed by atoms with van der Waals surface area (Å²) in [5.41, 5.74) is 0. The number of hydrogen-bond donors (Lipinski definition) is 1. The molecule has 0 saturated heterocycles. The van der Waals surface area contributed by atoms with Crippen molar-refractivity contribution in [1.29, 1.82) is 0 Å². The highest BCUT2D eigenvalue weighted by atomic mass is 16.5. The second-order valence-electron chi connectivity index (χ2n) is 13.4. The third-order valence-corrected chi connectivity index (χ3v) is 8.88. The zero-order chi connectivity index (χ0) is 33.6. The van der Waals surface area contributed by atoms with Crippen LogP contribution in [0.2, 0.25) is 0 Å². The van der Waals surface area contributed by atoms with Crippen molar-refractivity contribution in [3.63, 3.8) is 0 Å². The zero-order valence-electron chi connectivity index (χ0n) is 30.6. The van der Waals surface area contributed by atoms with Crippen molar-refractivity contribution in [2.45, 2.75) is 219 Å². The van der Waals surface area contributed by atoms with Crippen molar-refractivity contribution < 1.29 is 19.4 Å². The van der Waals surface area contributed by atoms with Crippen LogP contribution in [0.15, 0.2) is 36.5 Å². The molecule has 0 aliphatic carbocycles. The maximum atomic E-state index is 12.7. The van der Waals surface area contributed by atoms with E-state index in [0.717, 1.165) is 77.0 Å². The van der Waals surface area contributed by atoms with E-state index in [1.807, 2.05) is 0 Å². The van der Waals surface area contributed by atoms with Crippen LogP contribution in [0, 0.1) is 0 Å². The molecule has 46 heavy (non-hydrogen) atoms. The molecule has 0 rings (SSSR count). The van der Waals surface area contributed by atoms with E-state index in [1.165, 1.54) is 109 Å². The first-order chi connectivity index (χ1) is 22.6. The number of aliphatic carboxylic acids is 1. The van der Waals surface area contributed by atoms with Crippen LogP contribution in [0.1, 0.15) is 213 Å². The SMILES string of the molecule is CC/C=C\C/C=C\C/C=C\CCCCCCCC(=O)OC(CCCCCCCCCCCCC)CCCCCCCCCC(=O)O. The van der Waals surface area contributed by atoms with Crippen molar-refractivity contribution in [3.8, 4) is 0 Å². The van der Waals surface area contributed by atoms with Crippen LogP contribution in [-0.4, -0.2) is 23.1 Å². The summed E-state index contributed by atoms with van der Waals surface area (Å²) >= 11 is 0. The van der Waals surface area contributed by atoms with Gasteiger partial charge in [0, 0.05) is 12.8 Å². The van der Waals surface area contributed by atoms with E-state index in [2.05, 4.69) is 50.3 Å². The predicted molar refractivity (Wildman–Crippen MR) is 199 cm³/mol. The molecule has 268 valence electrons. The summed E-state index contributed by atoms with van der Waals surface area (Å²) in [5.74, 6) is -0.680. The number of carboxylic acid groups (broad SMARTS) is 1. The Balaban J connectivity index is 4.11. The molecule has 0 saturated carbocycles. The Morgan fingerprint density at radius 1 is 0.500 bits per heavy atom. The van der Waals surface area contributed by atoms with E-state index < -0.39 is 5.97 Å². The minimum absolute atomic E-state index is 0.00711. The fraction of sp³-hybridized carbons (Fsp3) is 0.810. The van der Waals surface area contributed by atoms with Crippen LogP contribution < -0.4 is 0 Å². The summed E-state index contributed by atoms with van der Waals surface area (Å²) in [6.07, 6.45) is 48.8. The molecule has 1 N–H and O–H groups in total. The molecule has 0 aliphatic heterocycles. The zero-order valence-corrected chi connectivity index (χ0v) is 30.6. The Morgan fingerprint density at radius 3 is 1.41 bits per heavy atom. The predicted octanol–water partition coefficient (Wildman–Crippen LogP) is 13.8. The fourth-order valence-corrected chi connectivity index (χ4v) is 5.96. The van der Waals surface area contributed by atoms with Gasteiger partial charge >= 0.3 is 11.9 Å². The topological polar surface area (TPSA) is 63.6 Å². The quantitative estimate of drug-likeness (QED) is 0.0419. The third-order valence-electron chi connectivity index (χ3n) is 8.88. The molecule has 0 radical (unpaired) electrons. The van der Waals surface area contributed by atoms with Gasteiger partial charge in [-0.05, 0) is 70.6 Å². The van der Waals surface area contributed by atoms with Crippen molar-refractivity contribution in [2.24, 2.45) is 0 Å². The van der Waals surface area contributed by atoms with Crippen LogP contribution in [0.3, 0.4) is 0 Å². The van der Waals surface area contributed by atoms with Gasteiger partial charge in [-0.3, -0.25) is 9.59 Å². The van der Waals surface area contributed by atoms with Gasteiger partial charge in [0.1, 0.15) is 6.10 Å². The molecular weight excluding hydrogens is 568 g/mol.